The molecule has 0 aliphatic rings. The molecule has 7 heteroatoms. The van der Waals surface area contributed by atoms with Crippen molar-refractivity contribution in [2.75, 3.05) is 24.8 Å². The molecule has 0 fully saturated rings. The van der Waals surface area contributed by atoms with Crippen molar-refractivity contribution < 1.29 is 16.8 Å². The van der Waals surface area contributed by atoms with Gasteiger partial charge in [0.15, 0.2) is 9.84 Å². The molecule has 0 aliphatic heterocycles. The van der Waals surface area contributed by atoms with Crippen molar-refractivity contribution in [1.82, 2.24) is 5.32 Å². The average Bonchev–Trinajstić information content (AvgIpc) is 2.13. The molecule has 5 nitrogen and oxygen atoms in total. The molecule has 0 aromatic carbocycles. The predicted molar refractivity (Wildman–Crippen MR) is 75.3 cm³/mol. The van der Waals surface area contributed by atoms with Gasteiger partial charge in [-0.2, -0.15) is 0 Å². The fourth-order valence-electron chi connectivity index (χ4n) is 1.60. The summed E-state index contributed by atoms with van der Waals surface area (Å²) in [5.41, 5.74) is 0. The maximum absolute atomic E-state index is 11.8. The lowest BCUT2D eigenvalue weighted by molar-refractivity contribution is 0.399. The first-order valence-electron chi connectivity index (χ1n) is 6.02. The molecule has 0 aliphatic carbocycles. The Kier molecular flexibility index (Phi) is 6.29. The molecule has 0 amide bonds. The lowest BCUT2D eigenvalue weighted by Crippen LogP contribution is -2.52. The molecule has 0 spiro atoms. The molecular weight excluding hydrogens is 274 g/mol. The lowest BCUT2D eigenvalue weighted by Gasteiger charge is -2.33. The summed E-state index contributed by atoms with van der Waals surface area (Å²) in [6, 6.07) is -0.359. The molecule has 0 aromatic rings. The van der Waals surface area contributed by atoms with E-state index in [1.165, 1.54) is 6.26 Å². The fraction of sp³-hybridized carbons (Fsp3) is 1.00. The second kappa shape index (κ2) is 6.34. The van der Waals surface area contributed by atoms with Gasteiger partial charge in [0.1, 0.15) is 9.84 Å². The molecule has 0 aromatic heterocycles. The zero-order chi connectivity index (χ0) is 14.6. The van der Waals surface area contributed by atoms with Gasteiger partial charge >= 0.3 is 0 Å². The van der Waals surface area contributed by atoms with E-state index in [1.54, 1.807) is 13.8 Å². The zero-order valence-corrected chi connectivity index (χ0v) is 13.5. The number of hydrogen-bond acceptors (Lipinski definition) is 5. The Labute approximate surface area is 111 Å². The normalized spacial score (nSPS) is 15.6. The summed E-state index contributed by atoms with van der Waals surface area (Å²) < 4.78 is 45.0. The molecule has 0 saturated heterocycles. The maximum Gasteiger partial charge on any atom is 0.154 e. The molecule has 0 heterocycles. The Balaban J connectivity index is 5.00. The maximum atomic E-state index is 11.8. The second-order valence-corrected chi connectivity index (χ2v) is 10.2. The number of rotatable bonds is 8. The zero-order valence-electron chi connectivity index (χ0n) is 11.9. The van der Waals surface area contributed by atoms with Crippen molar-refractivity contribution in [3.8, 4) is 0 Å². The molecule has 1 unspecified atom stereocenters. The lowest BCUT2D eigenvalue weighted by atomic mass is 10.0. The highest BCUT2D eigenvalue weighted by Gasteiger charge is 2.38. The van der Waals surface area contributed by atoms with Crippen molar-refractivity contribution in [3.63, 3.8) is 0 Å². The molecule has 0 radical (unpaired) electrons. The van der Waals surface area contributed by atoms with E-state index in [0.29, 0.717) is 13.0 Å². The van der Waals surface area contributed by atoms with Crippen LogP contribution in [0.2, 0.25) is 0 Å². The van der Waals surface area contributed by atoms with Crippen molar-refractivity contribution in [3.05, 3.63) is 0 Å². The van der Waals surface area contributed by atoms with Gasteiger partial charge in [0, 0.05) is 18.6 Å². The van der Waals surface area contributed by atoms with Crippen LogP contribution in [0.15, 0.2) is 0 Å². The highest BCUT2D eigenvalue weighted by molar-refractivity contribution is 7.92. The fourth-order valence-corrected chi connectivity index (χ4v) is 2.99. The minimum absolute atomic E-state index is 0.00662. The van der Waals surface area contributed by atoms with E-state index < -0.39 is 24.4 Å². The van der Waals surface area contributed by atoms with Gasteiger partial charge in [0.25, 0.3) is 0 Å². The Morgan fingerprint density at radius 1 is 1.11 bits per heavy atom. The quantitative estimate of drug-likeness (QED) is 0.710. The van der Waals surface area contributed by atoms with Gasteiger partial charge in [-0.05, 0) is 33.2 Å². The average molecular weight is 299 g/mol. The Hall–Kier alpha value is -0.140. The van der Waals surface area contributed by atoms with E-state index in [0.717, 1.165) is 12.7 Å². The minimum atomic E-state index is -3.26. The van der Waals surface area contributed by atoms with Gasteiger partial charge in [-0.1, -0.05) is 6.92 Å². The van der Waals surface area contributed by atoms with E-state index in [2.05, 4.69) is 5.32 Å². The van der Waals surface area contributed by atoms with E-state index >= 15 is 0 Å². The molecule has 1 N–H and O–H groups in total. The van der Waals surface area contributed by atoms with Gasteiger partial charge in [0.2, 0.25) is 0 Å². The number of sulfone groups is 2. The van der Waals surface area contributed by atoms with Crippen LogP contribution in [0.3, 0.4) is 0 Å². The van der Waals surface area contributed by atoms with Crippen LogP contribution in [0.4, 0.5) is 0 Å². The van der Waals surface area contributed by atoms with E-state index in [4.69, 9.17) is 0 Å². The van der Waals surface area contributed by atoms with E-state index in [9.17, 15) is 16.8 Å². The second-order valence-electron chi connectivity index (χ2n) is 5.30. The molecule has 0 saturated carbocycles. The first-order valence-corrected chi connectivity index (χ1v) is 9.97. The van der Waals surface area contributed by atoms with Crippen LogP contribution in [0.25, 0.3) is 0 Å². The van der Waals surface area contributed by atoms with Crippen LogP contribution in [0, 0.1) is 0 Å². The van der Waals surface area contributed by atoms with Crippen LogP contribution in [0.1, 0.15) is 33.6 Å². The SMILES string of the molecule is CCCNC(CCS(C)(=O)=O)C(C)(C)S(C)(=O)=O. The van der Waals surface area contributed by atoms with Gasteiger partial charge in [-0.25, -0.2) is 16.8 Å². The van der Waals surface area contributed by atoms with Gasteiger partial charge in [-0.15, -0.1) is 0 Å². The minimum Gasteiger partial charge on any atom is -0.312 e. The molecule has 110 valence electrons. The number of nitrogens with one attached hydrogen (secondary N) is 1. The Morgan fingerprint density at radius 2 is 1.61 bits per heavy atom. The van der Waals surface area contributed by atoms with Crippen LogP contribution >= 0.6 is 0 Å². The standard InChI is InChI=1S/C11H25NO4S2/c1-6-8-12-10(7-9-17(4,13)14)11(2,3)18(5,15)16/h10,12H,6-9H2,1-5H3. The van der Waals surface area contributed by atoms with Crippen LogP contribution < -0.4 is 5.32 Å². The van der Waals surface area contributed by atoms with Gasteiger partial charge in [0.05, 0.1) is 10.5 Å². The molecule has 18 heavy (non-hydrogen) atoms. The van der Waals surface area contributed by atoms with Gasteiger partial charge < -0.3 is 5.32 Å². The van der Waals surface area contributed by atoms with Crippen LogP contribution in [0.5, 0.6) is 0 Å². The third-order valence-corrected chi connectivity index (χ3v) is 6.39. The summed E-state index contributed by atoms with van der Waals surface area (Å²) in [5, 5.41) is 3.15. The highest BCUT2D eigenvalue weighted by atomic mass is 32.2. The summed E-state index contributed by atoms with van der Waals surface area (Å²) in [6.07, 6.45) is 3.53. The van der Waals surface area contributed by atoms with Crippen molar-refractivity contribution in [1.29, 1.82) is 0 Å². The number of hydrogen-bond donors (Lipinski definition) is 1. The molecule has 0 rings (SSSR count). The third kappa shape index (κ3) is 5.67. The molecule has 1 atom stereocenters. The summed E-state index contributed by atoms with van der Waals surface area (Å²) in [5.74, 6) is -0.00662. The first-order chi connectivity index (χ1) is 7.92. The Bertz CT molecular complexity index is 451. The largest absolute Gasteiger partial charge is 0.312 e. The van der Waals surface area contributed by atoms with Crippen molar-refractivity contribution >= 4 is 19.7 Å². The topological polar surface area (TPSA) is 80.3 Å². The molecular formula is C11H25NO4S2. The molecule has 0 bridgehead atoms. The summed E-state index contributed by atoms with van der Waals surface area (Å²) in [4.78, 5) is 0. The van der Waals surface area contributed by atoms with Crippen LogP contribution in [-0.4, -0.2) is 52.4 Å². The van der Waals surface area contributed by atoms with E-state index in [-0.39, 0.29) is 11.8 Å². The smallest absolute Gasteiger partial charge is 0.154 e. The predicted octanol–water partition coefficient (Wildman–Crippen LogP) is 0.613. The summed E-state index contributed by atoms with van der Waals surface area (Å²) in [7, 11) is -6.34. The van der Waals surface area contributed by atoms with Gasteiger partial charge in [-0.3, -0.25) is 0 Å². The summed E-state index contributed by atoms with van der Waals surface area (Å²) in [6.45, 7) is 5.93. The Morgan fingerprint density at radius 3 is 1.94 bits per heavy atom. The van der Waals surface area contributed by atoms with E-state index in [1.807, 2.05) is 6.92 Å². The summed E-state index contributed by atoms with van der Waals surface area (Å²) >= 11 is 0. The third-order valence-electron chi connectivity index (χ3n) is 3.21. The van der Waals surface area contributed by atoms with Crippen molar-refractivity contribution in [2.24, 2.45) is 0 Å². The first kappa shape index (κ1) is 17.9. The highest BCUT2D eigenvalue weighted by Crippen LogP contribution is 2.23. The van der Waals surface area contributed by atoms with Crippen LogP contribution in [-0.2, 0) is 19.7 Å². The monoisotopic (exact) mass is 299 g/mol. The van der Waals surface area contributed by atoms with Crippen molar-refractivity contribution in [2.45, 2.75) is 44.4 Å².